The predicted molar refractivity (Wildman–Crippen MR) is 121 cm³/mol. The summed E-state index contributed by atoms with van der Waals surface area (Å²) in [5.74, 6) is 0.938. The van der Waals surface area contributed by atoms with Crippen LogP contribution in [-0.4, -0.2) is 49.6 Å². The van der Waals surface area contributed by atoms with Crippen LogP contribution < -0.4 is 4.74 Å². The Morgan fingerprint density at radius 2 is 1.97 bits per heavy atom. The van der Waals surface area contributed by atoms with Crippen LogP contribution in [0.25, 0.3) is 17.1 Å². The summed E-state index contributed by atoms with van der Waals surface area (Å²) >= 11 is 12.5. The first kappa shape index (κ1) is 21.4. The zero-order valence-corrected chi connectivity index (χ0v) is 19.2. The van der Waals surface area contributed by atoms with Crippen molar-refractivity contribution in [2.75, 3.05) is 13.7 Å². The summed E-state index contributed by atoms with van der Waals surface area (Å²) in [5, 5.41) is 13.4. The van der Waals surface area contributed by atoms with E-state index in [0.717, 1.165) is 11.1 Å². The highest BCUT2D eigenvalue weighted by molar-refractivity contribution is 6.32. The van der Waals surface area contributed by atoms with E-state index in [1.165, 1.54) is 24.3 Å². The zero-order valence-electron chi connectivity index (χ0n) is 17.7. The van der Waals surface area contributed by atoms with E-state index in [-0.39, 0.29) is 11.9 Å². The topological polar surface area (TPSA) is 99.2 Å². The Morgan fingerprint density at radius 1 is 1.18 bits per heavy atom. The Morgan fingerprint density at radius 3 is 2.67 bits per heavy atom. The van der Waals surface area contributed by atoms with Crippen molar-refractivity contribution in [2.45, 2.75) is 19.4 Å². The number of rotatable bonds is 5. The van der Waals surface area contributed by atoms with Crippen LogP contribution in [0.4, 0.5) is 0 Å². The summed E-state index contributed by atoms with van der Waals surface area (Å²) in [6.45, 7) is 2.43. The quantitative estimate of drug-likeness (QED) is 0.410. The highest BCUT2D eigenvalue weighted by Crippen LogP contribution is 2.37. The molecular formula is C22H18Cl2N6O3. The van der Waals surface area contributed by atoms with Crippen LogP contribution in [0, 0.1) is 6.92 Å². The lowest BCUT2D eigenvalue weighted by Gasteiger charge is -2.39. The fourth-order valence-corrected chi connectivity index (χ4v) is 4.16. The molecule has 0 radical (unpaired) electrons. The Bertz CT molecular complexity index is 1340. The summed E-state index contributed by atoms with van der Waals surface area (Å²) in [7, 11) is 1.49. The molecule has 0 saturated carbocycles. The summed E-state index contributed by atoms with van der Waals surface area (Å²) in [4.78, 5) is 21.1. The van der Waals surface area contributed by atoms with Crippen molar-refractivity contribution in [3.05, 3.63) is 69.7 Å². The standard InChI is InChI=1S/C22H18Cl2N6O3/c1-12-13(4-3-5-15(12)23)21-27-20(28-33-21)17-6-9-29(17)22(31)14-10-19(32-2)16(24)11-18(14)30-25-7-8-26-30/h3-5,7-8,10-11,17H,6,9H2,1-2H3. The smallest absolute Gasteiger partial charge is 0.258 e. The summed E-state index contributed by atoms with van der Waals surface area (Å²) in [6, 6.07) is 8.37. The summed E-state index contributed by atoms with van der Waals surface area (Å²) < 4.78 is 10.8. The maximum Gasteiger partial charge on any atom is 0.258 e. The third-order valence-electron chi connectivity index (χ3n) is 5.65. The van der Waals surface area contributed by atoms with Gasteiger partial charge in [0.25, 0.3) is 11.8 Å². The Balaban J connectivity index is 1.47. The molecule has 33 heavy (non-hydrogen) atoms. The van der Waals surface area contributed by atoms with E-state index in [4.69, 9.17) is 32.5 Å². The largest absolute Gasteiger partial charge is 0.495 e. The molecule has 11 heteroatoms. The molecule has 1 atom stereocenters. The lowest BCUT2D eigenvalue weighted by Crippen LogP contribution is -2.45. The van der Waals surface area contributed by atoms with Crippen LogP contribution in [0.1, 0.15) is 34.2 Å². The summed E-state index contributed by atoms with van der Waals surface area (Å²) in [6.07, 6.45) is 3.76. The van der Waals surface area contributed by atoms with Crippen molar-refractivity contribution in [2.24, 2.45) is 0 Å². The van der Waals surface area contributed by atoms with Gasteiger partial charge in [-0.25, -0.2) is 0 Å². The molecule has 1 aliphatic rings. The second-order valence-electron chi connectivity index (χ2n) is 7.50. The fraction of sp³-hybridized carbons (Fsp3) is 0.227. The lowest BCUT2D eigenvalue weighted by atomic mass is 9.99. The molecule has 0 N–H and O–H groups in total. The van der Waals surface area contributed by atoms with E-state index in [1.807, 2.05) is 19.1 Å². The number of halogens is 2. The second kappa shape index (κ2) is 8.49. The van der Waals surface area contributed by atoms with Crippen LogP contribution in [0.3, 0.4) is 0 Å². The molecule has 1 aliphatic heterocycles. The van der Waals surface area contributed by atoms with Crippen molar-refractivity contribution in [1.82, 2.24) is 30.0 Å². The van der Waals surface area contributed by atoms with Crippen molar-refractivity contribution in [3.63, 3.8) is 0 Å². The van der Waals surface area contributed by atoms with E-state index in [0.29, 0.717) is 51.7 Å². The number of aromatic nitrogens is 5. The molecule has 1 fully saturated rings. The second-order valence-corrected chi connectivity index (χ2v) is 8.31. The fourth-order valence-electron chi connectivity index (χ4n) is 3.75. The summed E-state index contributed by atoms with van der Waals surface area (Å²) in [5.41, 5.74) is 2.41. The van der Waals surface area contributed by atoms with Crippen LogP contribution in [0.5, 0.6) is 5.75 Å². The van der Waals surface area contributed by atoms with Gasteiger partial charge in [-0.2, -0.15) is 20.0 Å². The third kappa shape index (κ3) is 3.73. The first-order valence-electron chi connectivity index (χ1n) is 10.1. The first-order chi connectivity index (χ1) is 16.0. The normalized spacial score (nSPS) is 15.4. The van der Waals surface area contributed by atoms with Gasteiger partial charge in [-0.1, -0.05) is 34.4 Å². The van der Waals surface area contributed by atoms with Crippen molar-refractivity contribution >= 4 is 29.1 Å². The molecule has 1 amide bonds. The molecular weight excluding hydrogens is 467 g/mol. The highest BCUT2D eigenvalue weighted by Gasteiger charge is 2.38. The van der Waals surface area contributed by atoms with E-state index in [1.54, 1.807) is 23.1 Å². The van der Waals surface area contributed by atoms with Crippen LogP contribution in [-0.2, 0) is 0 Å². The number of hydrogen-bond acceptors (Lipinski definition) is 7. The zero-order chi connectivity index (χ0) is 23.1. The SMILES string of the molecule is COc1cc(C(=O)N2CCC2c2noc(-c3cccc(Cl)c3C)n2)c(-n2nccn2)cc1Cl. The van der Waals surface area contributed by atoms with Gasteiger partial charge in [0.1, 0.15) is 11.4 Å². The number of ether oxygens (including phenoxy) is 1. The molecule has 0 spiro atoms. The van der Waals surface area contributed by atoms with Crippen molar-refractivity contribution in [1.29, 1.82) is 0 Å². The number of carbonyl (C=O) groups excluding carboxylic acids is 1. The Hall–Kier alpha value is -3.43. The molecule has 168 valence electrons. The molecule has 9 nitrogen and oxygen atoms in total. The lowest BCUT2D eigenvalue weighted by molar-refractivity contribution is 0.0435. The van der Waals surface area contributed by atoms with Crippen LogP contribution in [0.2, 0.25) is 10.0 Å². The number of benzene rings is 2. The van der Waals surface area contributed by atoms with Gasteiger partial charge in [0, 0.05) is 17.1 Å². The average molecular weight is 485 g/mol. The van der Waals surface area contributed by atoms with E-state index < -0.39 is 0 Å². The minimum Gasteiger partial charge on any atom is -0.495 e. The molecule has 0 bridgehead atoms. The molecule has 0 aliphatic carbocycles. The number of likely N-dealkylation sites (tertiary alicyclic amines) is 1. The van der Waals surface area contributed by atoms with Gasteiger partial charge in [0.2, 0.25) is 0 Å². The minimum absolute atomic E-state index is 0.237. The maximum absolute atomic E-state index is 13.5. The molecule has 2 aromatic carbocycles. The van der Waals surface area contributed by atoms with Gasteiger partial charge in [0.05, 0.1) is 36.1 Å². The number of amides is 1. The molecule has 2 aromatic heterocycles. The van der Waals surface area contributed by atoms with Crippen molar-refractivity contribution < 1.29 is 14.1 Å². The molecule has 1 unspecified atom stereocenters. The van der Waals surface area contributed by atoms with Crippen LogP contribution >= 0.6 is 23.2 Å². The molecule has 3 heterocycles. The molecule has 1 saturated heterocycles. The van der Waals surface area contributed by atoms with Gasteiger partial charge in [-0.05, 0) is 43.2 Å². The van der Waals surface area contributed by atoms with E-state index in [9.17, 15) is 4.79 Å². The number of hydrogen-bond donors (Lipinski definition) is 0. The van der Waals surface area contributed by atoms with Crippen molar-refractivity contribution in [3.8, 4) is 22.9 Å². The number of nitrogens with zero attached hydrogens (tertiary/aromatic N) is 6. The van der Waals surface area contributed by atoms with Gasteiger partial charge in [0.15, 0.2) is 5.82 Å². The molecule has 4 aromatic rings. The van der Waals surface area contributed by atoms with Gasteiger partial charge < -0.3 is 14.2 Å². The minimum atomic E-state index is -0.324. The Labute approximate surface area is 198 Å². The van der Waals surface area contributed by atoms with E-state index in [2.05, 4.69) is 20.3 Å². The Kier molecular flexibility index (Phi) is 5.51. The third-order valence-corrected chi connectivity index (χ3v) is 6.36. The average Bonchev–Trinajstić information content (AvgIpc) is 3.47. The van der Waals surface area contributed by atoms with Gasteiger partial charge >= 0.3 is 0 Å². The van der Waals surface area contributed by atoms with Crippen LogP contribution in [0.15, 0.2) is 47.2 Å². The molecule has 5 rings (SSSR count). The monoisotopic (exact) mass is 484 g/mol. The first-order valence-corrected chi connectivity index (χ1v) is 10.9. The van der Waals surface area contributed by atoms with Gasteiger partial charge in [-0.15, -0.1) is 0 Å². The predicted octanol–water partition coefficient (Wildman–Crippen LogP) is 4.53. The maximum atomic E-state index is 13.5. The highest BCUT2D eigenvalue weighted by atomic mass is 35.5. The van der Waals surface area contributed by atoms with E-state index >= 15 is 0 Å². The number of carbonyl (C=O) groups is 1. The van der Waals surface area contributed by atoms with Gasteiger partial charge in [-0.3, -0.25) is 4.79 Å². The number of methoxy groups -OCH3 is 1.